The third kappa shape index (κ3) is 4.89. The zero-order valence-corrected chi connectivity index (χ0v) is 17.1. The maximum atomic E-state index is 4.47. The highest BCUT2D eigenvalue weighted by molar-refractivity contribution is 5.85. The van der Waals surface area contributed by atoms with Gasteiger partial charge < -0.3 is 0 Å². The van der Waals surface area contributed by atoms with Crippen LogP contribution in [0.1, 0.15) is 30.1 Å². The van der Waals surface area contributed by atoms with Crippen molar-refractivity contribution in [2.45, 2.75) is 32.4 Å². The van der Waals surface area contributed by atoms with E-state index in [2.05, 4.69) is 87.5 Å². The number of nitrogens with zero attached hydrogens (tertiary/aromatic N) is 4. The Morgan fingerprint density at radius 1 is 0.889 bits per heavy atom. The lowest BCUT2D eigenvalue weighted by Gasteiger charge is -2.32. The lowest BCUT2D eigenvalue weighted by molar-refractivity contribution is 0.173. The minimum atomic E-state index is 0. The topological polar surface area (TPSA) is 34.0 Å². The molecule has 144 valence electrons. The Hall–Kier alpha value is -1.88. The molecule has 0 atom stereocenters. The van der Waals surface area contributed by atoms with Crippen LogP contribution in [0.15, 0.2) is 60.7 Å². The van der Waals surface area contributed by atoms with E-state index in [0.29, 0.717) is 6.04 Å². The molecule has 2 aromatic carbocycles. The second-order valence-electron chi connectivity index (χ2n) is 6.83. The van der Waals surface area contributed by atoms with Gasteiger partial charge in [-0.2, -0.15) is 0 Å². The monoisotopic (exact) mass is 404 g/mol. The van der Waals surface area contributed by atoms with Crippen LogP contribution >= 0.6 is 24.8 Å². The molecule has 4 rings (SSSR count). The summed E-state index contributed by atoms with van der Waals surface area (Å²) in [6.45, 7) is 5.30. The van der Waals surface area contributed by atoms with Crippen LogP contribution < -0.4 is 0 Å². The van der Waals surface area contributed by atoms with E-state index in [-0.39, 0.29) is 24.8 Å². The first-order chi connectivity index (χ1) is 12.3. The molecule has 0 bridgehead atoms. The molecule has 0 unspecified atom stereocenters. The predicted octanol–water partition coefficient (Wildman–Crippen LogP) is 4.93. The summed E-state index contributed by atoms with van der Waals surface area (Å²) in [5.74, 6) is 0. The highest BCUT2D eigenvalue weighted by Crippen LogP contribution is 2.30. The van der Waals surface area contributed by atoms with Gasteiger partial charge in [-0.05, 0) is 25.3 Å². The first-order valence-corrected chi connectivity index (χ1v) is 9.05. The molecule has 1 saturated heterocycles. The zero-order chi connectivity index (χ0) is 17.1. The first kappa shape index (κ1) is 21.4. The van der Waals surface area contributed by atoms with E-state index in [4.69, 9.17) is 0 Å². The number of rotatable bonds is 4. The van der Waals surface area contributed by atoms with Gasteiger partial charge in [-0.15, -0.1) is 29.9 Å². The highest BCUT2D eigenvalue weighted by Gasteiger charge is 2.24. The Balaban J connectivity index is 0.00000131. The van der Waals surface area contributed by atoms with Crippen LogP contribution in [0, 0.1) is 6.92 Å². The van der Waals surface area contributed by atoms with Gasteiger partial charge in [0.15, 0.2) is 0 Å². The summed E-state index contributed by atoms with van der Waals surface area (Å²) in [6, 6.07) is 21.7. The molecule has 2 heterocycles. The molecule has 1 fully saturated rings. The summed E-state index contributed by atoms with van der Waals surface area (Å²) < 4.78 is 2.16. The molecule has 1 aliphatic heterocycles. The third-order valence-electron chi connectivity index (χ3n) is 5.06. The van der Waals surface area contributed by atoms with Crippen LogP contribution in [-0.4, -0.2) is 33.0 Å². The lowest BCUT2D eigenvalue weighted by Crippen LogP contribution is -2.34. The van der Waals surface area contributed by atoms with Crippen LogP contribution in [0.4, 0.5) is 0 Å². The van der Waals surface area contributed by atoms with E-state index in [1.165, 1.54) is 16.8 Å². The van der Waals surface area contributed by atoms with Gasteiger partial charge in [-0.25, -0.2) is 4.68 Å². The lowest BCUT2D eigenvalue weighted by atomic mass is 10.0. The fourth-order valence-electron chi connectivity index (χ4n) is 3.73. The summed E-state index contributed by atoms with van der Waals surface area (Å²) in [5.41, 5.74) is 4.78. The maximum Gasteiger partial charge on any atom is 0.0918 e. The Labute approximate surface area is 173 Å². The molecular formula is C21H26Cl2N4. The van der Waals surface area contributed by atoms with Crippen LogP contribution in [0.25, 0.3) is 11.3 Å². The average Bonchev–Trinajstić information content (AvgIpc) is 3.05. The van der Waals surface area contributed by atoms with E-state index < -0.39 is 0 Å². The zero-order valence-electron chi connectivity index (χ0n) is 15.5. The van der Waals surface area contributed by atoms with Gasteiger partial charge in [0.2, 0.25) is 0 Å². The first-order valence-electron chi connectivity index (χ1n) is 9.05. The third-order valence-corrected chi connectivity index (χ3v) is 5.06. The fraction of sp³-hybridized carbons (Fsp3) is 0.333. The smallest absolute Gasteiger partial charge is 0.0918 e. The molecular weight excluding hydrogens is 379 g/mol. The molecule has 0 saturated carbocycles. The maximum absolute atomic E-state index is 4.47. The Morgan fingerprint density at radius 2 is 1.48 bits per heavy atom. The molecule has 27 heavy (non-hydrogen) atoms. The molecule has 0 amide bonds. The SMILES string of the molecule is Cc1nnn(C2CCN(Cc3ccccc3)CC2)c1-c1ccccc1.Cl.Cl. The predicted molar refractivity (Wildman–Crippen MR) is 115 cm³/mol. The van der Waals surface area contributed by atoms with E-state index >= 15 is 0 Å². The van der Waals surface area contributed by atoms with Crippen molar-refractivity contribution in [3.05, 3.63) is 71.9 Å². The Morgan fingerprint density at radius 3 is 2.11 bits per heavy atom. The van der Waals surface area contributed by atoms with Crippen LogP contribution in [0.2, 0.25) is 0 Å². The van der Waals surface area contributed by atoms with Crippen molar-refractivity contribution in [3.63, 3.8) is 0 Å². The van der Waals surface area contributed by atoms with Crippen molar-refractivity contribution in [2.75, 3.05) is 13.1 Å². The summed E-state index contributed by atoms with van der Waals surface area (Å²) in [7, 11) is 0. The number of aryl methyl sites for hydroxylation is 1. The minimum Gasteiger partial charge on any atom is -0.299 e. The van der Waals surface area contributed by atoms with Crippen molar-refractivity contribution in [3.8, 4) is 11.3 Å². The number of piperidine rings is 1. The molecule has 4 nitrogen and oxygen atoms in total. The van der Waals surface area contributed by atoms with Gasteiger partial charge >= 0.3 is 0 Å². The standard InChI is InChI=1S/C21H24N4.2ClH/c1-17-21(19-10-6-3-7-11-19)25(23-22-17)20-12-14-24(15-13-20)16-18-8-4-2-5-9-18;;/h2-11,20H,12-16H2,1H3;2*1H. The van der Waals surface area contributed by atoms with E-state index in [1.54, 1.807) is 0 Å². The Kier molecular flexibility index (Phi) is 7.84. The average molecular weight is 405 g/mol. The van der Waals surface area contributed by atoms with E-state index in [1.807, 2.05) is 0 Å². The van der Waals surface area contributed by atoms with Gasteiger partial charge in [0.05, 0.1) is 17.4 Å². The minimum absolute atomic E-state index is 0. The summed E-state index contributed by atoms with van der Waals surface area (Å²) in [6.07, 6.45) is 2.24. The molecule has 1 aromatic heterocycles. The number of aromatic nitrogens is 3. The van der Waals surface area contributed by atoms with Crippen LogP contribution in [0.3, 0.4) is 0 Å². The van der Waals surface area contributed by atoms with Crippen molar-refractivity contribution in [2.24, 2.45) is 0 Å². The number of benzene rings is 2. The molecule has 6 heteroatoms. The fourth-order valence-corrected chi connectivity index (χ4v) is 3.73. The second-order valence-corrected chi connectivity index (χ2v) is 6.83. The normalized spacial score (nSPS) is 15.0. The summed E-state index contributed by atoms with van der Waals surface area (Å²) in [5, 5.41) is 8.83. The van der Waals surface area contributed by atoms with Crippen molar-refractivity contribution in [1.29, 1.82) is 0 Å². The van der Waals surface area contributed by atoms with Gasteiger partial charge in [0.1, 0.15) is 0 Å². The molecule has 0 aliphatic carbocycles. The summed E-state index contributed by atoms with van der Waals surface area (Å²) >= 11 is 0. The van der Waals surface area contributed by atoms with Gasteiger partial charge in [-0.1, -0.05) is 65.9 Å². The molecule has 0 spiro atoms. The number of hydrogen-bond acceptors (Lipinski definition) is 3. The highest BCUT2D eigenvalue weighted by atomic mass is 35.5. The molecule has 1 aliphatic rings. The van der Waals surface area contributed by atoms with Crippen molar-refractivity contribution >= 4 is 24.8 Å². The van der Waals surface area contributed by atoms with Crippen molar-refractivity contribution < 1.29 is 0 Å². The van der Waals surface area contributed by atoms with E-state index in [0.717, 1.165) is 38.2 Å². The Bertz CT molecular complexity index is 813. The molecule has 0 N–H and O–H groups in total. The van der Waals surface area contributed by atoms with E-state index in [9.17, 15) is 0 Å². The number of likely N-dealkylation sites (tertiary alicyclic amines) is 1. The largest absolute Gasteiger partial charge is 0.299 e. The number of halogens is 2. The van der Waals surface area contributed by atoms with Crippen LogP contribution in [0.5, 0.6) is 0 Å². The summed E-state index contributed by atoms with van der Waals surface area (Å²) in [4.78, 5) is 2.54. The van der Waals surface area contributed by atoms with Gasteiger partial charge in [-0.3, -0.25) is 4.90 Å². The van der Waals surface area contributed by atoms with Crippen LogP contribution in [-0.2, 0) is 6.54 Å². The molecule has 3 aromatic rings. The van der Waals surface area contributed by atoms with Gasteiger partial charge in [0, 0.05) is 25.2 Å². The quantitative estimate of drug-likeness (QED) is 0.617. The number of hydrogen-bond donors (Lipinski definition) is 0. The van der Waals surface area contributed by atoms with Gasteiger partial charge in [0.25, 0.3) is 0 Å². The second kappa shape index (κ2) is 9.88. The van der Waals surface area contributed by atoms with Crippen molar-refractivity contribution in [1.82, 2.24) is 19.9 Å². The molecule has 0 radical (unpaired) electrons.